The zero-order valence-corrected chi connectivity index (χ0v) is 9.50. The summed E-state index contributed by atoms with van der Waals surface area (Å²) in [6.45, 7) is 6.29. The van der Waals surface area contributed by atoms with Crippen molar-refractivity contribution in [3.05, 3.63) is 34.9 Å². The molecule has 0 radical (unpaired) electrons. The van der Waals surface area contributed by atoms with Crippen LogP contribution in [0.3, 0.4) is 0 Å². The van der Waals surface area contributed by atoms with E-state index in [1.165, 1.54) is 0 Å². The molecule has 1 amide bonds. The summed E-state index contributed by atoms with van der Waals surface area (Å²) in [5.74, 6) is 5.46. The number of hydrogen-bond acceptors (Lipinski definition) is 2. The molecule has 0 saturated heterocycles. The predicted octanol–water partition coefficient (Wildman–Crippen LogP) is 1.80. The van der Waals surface area contributed by atoms with Crippen LogP contribution in [0.2, 0.25) is 0 Å². The molecule has 0 spiro atoms. The lowest BCUT2D eigenvalue weighted by Crippen LogP contribution is -2.31. The molecule has 1 rings (SSSR count). The van der Waals surface area contributed by atoms with Crippen molar-refractivity contribution in [2.24, 2.45) is 11.8 Å². The van der Waals surface area contributed by atoms with Crippen molar-refractivity contribution in [2.75, 3.05) is 0 Å². The molecule has 0 fully saturated rings. The van der Waals surface area contributed by atoms with E-state index in [-0.39, 0.29) is 5.91 Å². The first-order valence-electron chi connectivity index (χ1n) is 5.15. The van der Waals surface area contributed by atoms with Crippen LogP contribution in [0, 0.1) is 12.8 Å². The quantitative estimate of drug-likeness (QED) is 0.450. The largest absolute Gasteiger partial charge is 0.290 e. The number of rotatable bonds is 3. The number of nitrogens with two attached hydrogens (primary N) is 1. The van der Waals surface area contributed by atoms with Gasteiger partial charge in [0.05, 0.1) is 0 Å². The molecule has 0 aromatic heterocycles. The third-order valence-corrected chi connectivity index (χ3v) is 2.40. The van der Waals surface area contributed by atoms with Crippen molar-refractivity contribution in [3.63, 3.8) is 0 Å². The van der Waals surface area contributed by atoms with Crippen LogP contribution in [0.15, 0.2) is 18.2 Å². The van der Waals surface area contributed by atoms with Crippen LogP contribution in [-0.4, -0.2) is 5.91 Å². The van der Waals surface area contributed by atoms with E-state index in [9.17, 15) is 4.79 Å². The van der Waals surface area contributed by atoms with Gasteiger partial charge in [0.1, 0.15) is 0 Å². The maximum Gasteiger partial charge on any atom is 0.265 e. The number of benzene rings is 1. The van der Waals surface area contributed by atoms with Gasteiger partial charge in [-0.2, -0.15) is 0 Å². The van der Waals surface area contributed by atoms with E-state index < -0.39 is 0 Å². The molecule has 0 aliphatic carbocycles. The van der Waals surface area contributed by atoms with Crippen molar-refractivity contribution in [1.29, 1.82) is 0 Å². The van der Waals surface area contributed by atoms with E-state index in [4.69, 9.17) is 5.84 Å². The SMILES string of the molecule is Cc1cccc(C(=O)NN)c1CC(C)C. The summed E-state index contributed by atoms with van der Waals surface area (Å²) in [6.07, 6.45) is 0.898. The fraction of sp³-hybridized carbons (Fsp3) is 0.417. The molecule has 3 N–H and O–H groups in total. The van der Waals surface area contributed by atoms with Crippen LogP contribution >= 0.6 is 0 Å². The Morgan fingerprint density at radius 1 is 1.47 bits per heavy atom. The normalized spacial score (nSPS) is 10.5. The minimum Gasteiger partial charge on any atom is -0.290 e. The lowest BCUT2D eigenvalue weighted by Gasteiger charge is -2.13. The van der Waals surface area contributed by atoms with E-state index in [0.29, 0.717) is 11.5 Å². The van der Waals surface area contributed by atoms with Crippen LogP contribution in [0.4, 0.5) is 0 Å². The number of hydrazine groups is 1. The fourth-order valence-corrected chi connectivity index (χ4v) is 1.67. The van der Waals surface area contributed by atoms with Gasteiger partial charge in [0.15, 0.2) is 0 Å². The average molecular weight is 206 g/mol. The highest BCUT2D eigenvalue weighted by atomic mass is 16.2. The summed E-state index contributed by atoms with van der Waals surface area (Å²) in [5, 5.41) is 0. The van der Waals surface area contributed by atoms with Crippen LogP contribution in [0.5, 0.6) is 0 Å². The highest BCUT2D eigenvalue weighted by Gasteiger charge is 2.12. The highest BCUT2D eigenvalue weighted by Crippen LogP contribution is 2.18. The van der Waals surface area contributed by atoms with Crippen molar-refractivity contribution in [1.82, 2.24) is 5.43 Å². The minimum absolute atomic E-state index is 0.214. The molecular weight excluding hydrogens is 188 g/mol. The third kappa shape index (κ3) is 2.80. The first-order chi connectivity index (χ1) is 7.06. The molecule has 3 nitrogen and oxygen atoms in total. The molecule has 0 saturated carbocycles. The Kier molecular flexibility index (Phi) is 3.86. The number of aryl methyl sites for hydroxylation is 1. The molecule has 0 bridgehead atoms. The van der Waals surface area contributed by atoms with Gasteiger partial charge in [-0.1, -0.05) is 26.0 Å². The summed E-state index contributed by atoms with van der Waals surface area (Å²) in [4.78, 5) is 11.5. The summed E-state index contributed by atoms with van der Waals surface area (Å²) >= 11 is 0. The number of amides is 1. The molecule has 1 aromatic rings. The zero-order valence-electron chi connectivity index (χ0n) is 9.50. The second kappa shape index (κ2) is 4.94. The van der Waals surface area contributed by atoms with Crippen molar-refractivity contribution in [3.8, 4) is 0 Å². The van der Waals surface area contributed by atoms with Gasteiger partial charge in [0.2, 0.25) is 0 Å². The van der Waals surface area contributed by atoms with Crippen LogP contribution in [0.1, 0.15) is 35.3 Å². The second-order valence-electron chi connectivity index (χ2n) is 4.17. The molecule has 15 heavy (non-hydrogen) atoms. The highest BCUT2D eigenvalue weighted by molar-refractivity contribution is 5.95. The first-order valence-corrected chi connectivity index (χ1v) is 5.15. The van der Waals surface area contributed by atoms with Gasteiger partial charge in [-0.15, -0.1) is 0 Å². The van der Waals surface area contributed by atoms with E-state index in [1.54, 1.807) is 0 Å². The molecular formula is C12H18N2O. The molecule has 0 heterocycles. The number of carbonyl (C=O) groups is 1. The van der Waals surface area contributed by atoms with Crippen LogP contribution < -0.4 is 11.3 Å². The number of nitrogen functional groups attached to an aromatic ring is 1. The fourth-order valence-electron chi connectivity index (χ4n) is 1.67. The van der Waals surface area contributed by atoms with Gasteiger partial charge in [-0.3, -0.25) is 10.2 Å². The van der Waals surface area contributed by atoms with Crippen molar-refractivity contribution in [2.45, 2.75) is 27.2 Å². The summed E-state index contributed by atoms with van der Waals surface area (Å²) in [7, 11) is 0. The second-order valence-corrected chi connectivity index (χ2v) is 4.17. The molecule has 82 valence electrons. The van der Waals surface area contributed by atoms with Gasteiger partial charge >= 0.3 is 0 Å². The molecule has 3 heteroatoms. The molecule has 0 atom stereocenters. The predicted molar refractivity (Wildman–Crippen MR) is 61.4 cm³/mol. The van der Waals surface area contributed by atoms with Gasteiger partial charge in [-0.25, -0.2) is 5.84 Å². The van der Waals surface area contributed by atoms with Crippen LogP contribution in [0.25, 0.3) is 0 Å². The number of nitrogens with one attached hydrogen (secondary N) is 1. The van der Waals surface area contributed by atoms with E-state index in [2.05, 4.69) is 19.3 Å². The Morgan fingerprint density at radius 2 is 2.13 bits per heavy atom. The first kappa shape index (κ1) is 11.7. The number of carbonyl (C=O) groups excluding carboxylic acids is 1. The molecule has 1 aromatic carbocycles. The summed E-state index contributed by atoms with van der Waals surface area (Å²) in [5.41, 5.74) is 5.11. The lowest BCUT2D eigenvalue weighted by atomic mass is 9.93. The molecule has 0 aliphatic heterocycles. The summed E-state index contributed by atoms with van der Waals surface area (Å²) in [6, 6.07) is 5.71. The molecule has 0 aliphatic rings. The maximum atomic E-state index is 11.5. The lowest BCUT2D eigenvalue weighted by molar-refractivity contribution is 0.0952. The van der Waals surface area contributed by atoms with Gasteiger partial charge in [-0.05, 0) is 36.5 Å². The molecule has 0 unspecified atom stereocenters. The van der Waals surface area contributed by atoms with Crippen molar-refractivity contribution >= 4 is 5.91 Å². The topological polar surface area (TPSA) is 55.1 Å². The third-order valence-electron chi connectivity index (χ3n) is 2.40. The van der Waals surface area contributed by atoms with E-state index >= 15 is 0 Å². The Hall–Kier alpha value is -1.35. The minimum atomic E-state index is -0.214. The Balaban J connectivity index is 3.14. The maximum absolute atomic E-state index is 11.5. The standard InChI is InChI=1S/C12H18N2O/c1-8(2)7-11-9(3)5-4-6-10(11)12(15)14-13/h4-6,8H,7,13H2,1-3H3,(H,14,15). The van der Waals surface area contributed by atoms with Gasteiger partial charge in [0.25, 0.3) is 5.91 Å². The Morgan fingerprint density at radius 3 is 2.67 bits per heavy atom. The Labute approximate surface area is 90.6 Å². The summed E-state index contributed by atoms with van der Waals surface area (Å²) < 4.78 is 0. The van der Waals surface area contributed by atoms with E-state index in [0.717, 1.165) is 17.5 Å². The Bertz CT molecular complexity index is 359. The number of hydrogen-bond donors (Lipinski definition) is 2. The van der Waals surface area contributed by atoms with Crippen molar-refractivity contribution < 1.29 is 4.79 Å². The van der Waals surface area contributed by atoms with Gasteiger partial charge < -0.3 is 0 Å². The van der Waals surface area contributed by atoms with Crippen LogP contribution in [-0.2, 0) is 6.42 Å². The van der Waals surface area contributed by atoms with E-state index in [1.807, 2.05) is 25.1 Å². The monoisotopic (exact) mass is 206 g/mol. The zero-order chi connectivity index (χ0) is 11.4. The smallest absolute Gasteiger partial charge is 0.265 e. The average Bonchev–Trinajstić information content (AvgIpc) is 2.19. The van der Waals surface area contributed by atoms with Gasteiger partial charge in [0, 0.05) is 5.56 Å².